The van der Waals surface area contributed by atoms with Gasteiger partial charge in [0.2, 0.25) is 5.91 Å². The van der Waals surface area contributed by atoms with Crippen molar-refractivity contribution in [2.45, 2.75) is 64.3 Å². The minimum atomic E-state index is -0.378. The topological polar surface area (TPSA) is 85.7 Å². The van der Waals surface area contributed by atoms with Gasteiger partial charge in [-0.2, -0.15) is 0 Å². The molecule has 0 N–H and O–H groups in total. The second-order valence-corrected chi connectivity index (χ2v) is 11.0. The summed E-state index contributed by atoms with van der Waals surface area (Å²) in [7, 11) is 0. The lowest BCUT2D eigenvalue weighted by Gasteiger charge is -2.42. The van der Waals surface area contributed by atoms with Crippen LogP contribution in [-0.4, -0.2) is 28.5 Å². The molecule has 0 unspecified atom stereocenters. The Hall–Kier alpha value is -3.61. The summed E-state index contributed by atoms with van der Waals surface area (Å²) in [6.07, 6.45) is 5.90. The fourth-order valence-corrected chi connectivity index (χ4v) is 6.92. The van der Waals surface area contributed by atoms with Gasteiger partial charge in [0.1, 0.15) is 16.9 Å². The number of aryl methyl sites for hydroxylation is 3. The third-order valence-electron chi connectivity index (χ3n) is 8.78. The van der Waals surface area contributed by atoms with Crippen molar-refractivity contribution >= 4 is 27.8 Å². The zero-order chi connectivity index (χ0) is 25.3. The maximum atomic E-state index is 13.3. The van der Waals surface area contributed by atoms with Crippen LogP contribution in [0.2, 0.25) is 0 Å². The number of amides is 1. The average Bonchev–Trinajstić information content (AvgIpc) is 3.25. The van der Waals surface area contributed by atoms with E-state index < -0.39 is 0 Å². The molecule has 4 aromatic rings. The first-order valence-electron chi connectivity index (χ1n) is 13.4. The SMILES string of the molecule is Cc1c(CCC(=O)N2C[C@@H]3C[C@@H](C2)c2cccc(=O)n2C3)c(=O)oc2cc3oc4c(c3cc12)CCCC4. The quantitative estimate of drug-likeness (QED) is 0.389. The van der Waals surface area contributed by atoms with Crippen LogP contribution in [0.25, 0.3) is 21.9 Å². The van der Waals surface area contributed by atoms with Crippen LogP contribution in [0.15, 0.2) is 48.8 Å². The standard InChI is InChI=1S/C30H30N2O5/c1-17-20(30(35)37-26-13-27-23(12-22(17)26)21-5-2-3-7-25(21)36-27)9-10-28(33)31-14-18-11-19(16-31)24-6-4-8-29(34)32(24)15-18/h4,6,8,12-13,18-19H,2-3,5,7,9-11,14-16H2,1H3/t18-,19-/m0/s1. The predicted octanol–water partition coefficient (Wildman–Crippen LogP) is 4.47. The maximum Gasteiger partial charge on any atom is 0.339 e. The summed E-state index contributed by atoms with van der Waals surface area (Å²) in [6, 6.07) is 9.38. The third kappa shape index (κ3) is 3.66. The monoisotopic (exact) mass is 498 g/mol. The lowest BCUT2D eigenvalue weighted by atomic mass is 9.83. The van der Waals surface area contributed by atoms with Crippen LogP contribution in [0.5, 0.6) is 0 Å². The van der Waals surface area contributed by atoms with Crippen molar-refractivity contribution in [1.82, 2.24) is 9.47 Å². The summed E-state index contributed by atoms with van der Waals surface area (Å²) in [4.78, 5) is 40.5. The van der Waals surface area contributed by atoms with Gasteiger partial charge in [0, 0.05) is 78.1 Å². The van der Waals surface area contributed by atoms with Crippen LogP contribution >= 0.6 is 0 Å². The summed E-state index contributed by atoms with van der Waals surface area (Å²) in [6.45, 7) is 3.89. The van der Waals surface area contributed by atoms with E-state index >= 15 is 0 Å². The Morgan fingerprint density at radius 3 is 2.73 bits per heavy atom. The van der Waals surface area contributed by atoms with Crippen LogP contribution < -0.4 is 11.2 Å². The van der Waals surface area contributed by atoms with E-state index in [9.17, 15) is 14.4 Å². The summed E-state index contributed by atoms with van der Waals surface area (Å²) >= 11 is 0. The molecule has 1 aromatic carbocycles. The van der Waals surface area contributed by atoms with Crippen LogP contribution in [0, 0.1) is 12.8 Å². The smallest absolute Gasteiger partial charge is 0.339 e. The first-order valence-corrected chi connectivity index (χ1v) is 13.4. The van der Waals surface area contributed by atoms with Crippen molar-refractivity contribution in [3.05, 3.63) is 79.3 Å². The number of rotatable bonds is 3. The molecule has 0 saturated carbocycles. The van der Waals surface area contributed by atoms with Crippen molar-refractivity contribution in [3.8, 4) is 0 Å². The van der Waals surface area contributed by atoms with Gasteiger partial charge in [-0.3, -0.25) is 9.59 Å². The van der Waals surface area contributed by atoms with E-state index in [1.165, 1.54) is 5.56 Å². The highest BCUT2D eigenvalue weighted by Gasteiger charge is 2.36. The van der Waals surface area contributed by atoms with Gasteiger partial charge in [-0.05, 0) is 62.6 Å². The Morgan fingerprint density at radius 2 is 1.84 bits per heavy atom. The molecule has 0 radical (unpaired) electrons. The van der Waals surface area contributed by atoms with Crippen molar-refractivity contribution in [3.63, 3.8) is 0 Å². The molecule has 3 aromatic heterocycles. The van der Waals surface area contributed by atoms with Crippen molar-refractivity contribution in [2.24, 2.45) is 5.92 Å². The minimum absolute atomic E-state index is 0.0405. The molecule has 190 valence electrons. The number of hydrogen-bond acceptors (Lipinski definition) is 5. The van der Waals surface area contributed by atoms with Gasteiger partial charge in [-0.25, -0.2) is 4.79 Å². The first-order chi connectivity index (χ1) is 18.0. The van der Waals surface area contributed by atoms with E-state index in [0.29, 0.717) is 37.2 Å². The van der Waals surface area contributed by atoms with E-state index in [1.807, 2.05) is 34.6 Å². The zero-order valence-corrected chi connectivity index (χ0v) is 21.0. The fraction of sp³-hybridized carbons (Fsp3) is 0.433. The lowest BCUT2D eigenvalue weighted by molar-refractivity contribution is -0.133. The number of fused-ring (bicyclic) bond motifs is 8. The number of carbonyl (C=O) groups excluding carboxylic acids is 1. The zero-order valence-electron chi connectivity index (χ0n) is 21.0. The Bertz CT molecular complexity index is 1690. The molecular weight excluding hydrogens is 468 g/mol. The third-order valence-corrected chi connectivity index (χ3v) is 8.78. The molecule has 7 heteroatoms. The molecule has 1 amide bonds. The van der Waals surface area contributed by atoms with Gasteiger partial charge < -0.3 is 18.3 Å². The molecule has 2 aliphatic heterocycles. The maximum absolute atomic E-state index is 13.3. The Kier molecular flexibility index (Phi) is 5.17. The highest BCUT2D eigenvalue weighted by molar-refractivity contribution is 5.97. The Balaban J connectivity index is 1.14. The van der Waals surface area contributed by atoms with Crippen LogP contribution in [0.3, 0.4) is 0 Å². The Labute approximate surface area is 213 Å². The molecule has 7 nitrogen and oxygen atoms in total. The fourth-order valence-electron chi connectivity index (χ4n) is 6.92. The molecule has 1 saturated heterocycles. The minimum Gasteiger partial charge on any atom is -0.461 e. The number of hydrogen-bond donors (Lipinski definition) is 0. The lowest BCUT2D eigenvalue weighted by Crippen LogP contribution is -2.49. The van der Waals surface area contributed by atoms with Gasteiger partial charge in [0.15, 0.2) is 0 Å². The molecule has 2 bridgehead atoms. The average molecular weight is 499 g/mol. The summed E-state index contributed by atoms with van der Waals surface area (Å²) < 4.78 is 13.7. The molecule has 1 fully saturated rings. The van der Waals surface area contributed by atoms with Gasteiger partial charge in [0.25, 0.3) is 5.56 Å². The number of carbonyl (C=O) groups is 1. The highest BCUT2D eigenvalue weighted by atomic mass is 16.4. The number of likely N-dealkylation sites (tertiary alicyclic amines) is 1. The van der Waals surface area contributed by atoms with Crippen molar-refractivity contribution in [1.29, 1.82) is 0 Å². The van der Waals surface area contributed by atoms with E-state index in [-0.39, 0.29) is 35.3 Å². The van der Waals surface area contributed by atoms with Crippen molar-refractivity contribution < 1.29 is 13.6 Å². The highest BCUT2D eigenvalue weighted by Crippen LogP contribution is 2.37. The normalized spacial score (nSPS) is 20.7. The molecule has 7 rings (SSSR count). The van der Waals surface area contributed by atoms with E-state index in [1.54, 1.807) is 6.07 Å². The molecule has 5 heterocycles. The number of pyridine rings is 1. The predicted molar refractivity (Wildman–Crippen MR) is 140 cm³/mol. The number of furan rings is 1. The van der Waals surface area contributed by atoms with Gasteiger partial charge >= 0.3 is 5.63 Å². The van der Waals surface area contributed by atoms with Crippen LogP contribution in [0.1, 0.15) is 59.7 Å². The number of benzene rings is 1. The van der Waals surface area contributed by atoms with E-state index in [4.69, 9.17) is 8.83 Å². The summed E-state index contributed by atoms with van der Waals surface area (Å²) in [5.74, 6) is 1.58. The molecule has 1 aliphatic carbocycles. The molecule has 0 spiro atoms. The number of nitrogens with zero attached hydrogens (tertiary/aromatic N) is 2. The van der Waals surface area contributed by atoms with Gasteiger partial charge in [-0.1, -0.05) is 6.07 Å². The first kappa shape index (κ1) is 22.6. The largest absolute Gasteiger partial charge is 0.461 e. The molecule has 2 atom stereocenters. The van der Waals surface area contributed by atoms with Crippen LogP contribution in [0.4, 0.5) is 0 Å². The van der Waals surface area contributed by atoms with Crippen LogP contribution in [-0.2, 0) is 30.6 Å². The summed E-state index contributed by atoms with van der Waals surface area (Å²) in [5, 5.41) is 2.03. The van der Waals surface area contributed by atoms with E-state index in [2.05, 4.69) is 6.07 Å². The summed E-state index contributed by atoms with van der Waals surface area (Å²) in [5.41, 5.74) is 4.75. The molecule has 3 aliphatic rings. The number of piperidine rings is 1. The molecule has 37 heavy (non-hydrogen) atoms. The van der Waals surface area contributed by atoms with E-state index in [0.717, 1.165) is 65.5 Å². The Morgan fingerprint density at radius 1 is 1.00 bits per heavy atom. The second kappa shape index (κ2) is 8.47. The molecular formula is C30H30N2O5. The van der Waals surface area contributed by atoms with Gasteiger partial charge in [0.05, 0.1) is 0 Å². The van der Waals surface area contributed by atoms with Gasteiger partial charge in [-0.15, -0.1) is 0 Å². The number of aromatic nitrogens is 1. The second-order valence-electron chi connectivity index (χ2n) is 11.0. The van der Waals surface area contributed by atoms with Crippen molar-refractivity contribution in [2.75, 3.05) is 13.1 Å².